The van der Waals surface area contributed by atoms with Crippen LogP contribution in [0.2, 0.25) is 0 Å². The van der Waals surface area contributed by atoms with Crippen LogP contribution in [0.5, 0.6) is 11.5 Å². The first-order valence-electron chi connectivity index (χ1n) is 11.6. The van der Waals surface area contributed by atoms with Crippen LogP contribution in [-0.4, -0.2) is 39.7 Å². The molecule has 188 valence electrons. The van der Waals surface area contributed by atoms with Crippen molar-refractivity contribution in [2.45, 2.75) is 40.8 Å². The lowest BCUT2D eigenvalue weighted by Crippen LogP contribution is -2.14. The average molecular weight is 552 g/mol. The van der Waals surface area contributed by atoms with E-state index in [0.717, 1.165) is 38.4 Å². The summed E-state index contributed by atoms with van der Waals surface area (Å²) < 4.78 is 15.6. The maximum Gasteiger partial charge on any atom is 0.255 e. The molecule has 0 bridgehead atoms. The van der Waals surface area contributed by atoms with Crippen LogP contribution in [0.4, 0.5) is 5.69 Å². The highest BCUT2D eigenvalue weighted by molar-refractivity contribution is 9.10. The first-order chi connectivity index (χ1) is 17.2. The van der Waals surface area contributed by atoms with Crippen molar-refractivity contribution in [3.05, 3.63) is 86.4 Å². The van der Waals surface area contributed by atoms with Gasteiger partial charge in [-0.1, -0.05) is 18.2 Å². The highest BCUT2D eigenvalue weighted by Gasteiger charge is 2.17. The number of nitrogens with one attached hydrogen (secondary N) is 1. The Morgan fingerprint density at radius 1 is 0.861 bits per heavy atom. The number of hydrogen-bond donors (Lipinski definition) is 1. The van der Waals surface area contributed by atoms with E-state index in [9.17, 15) is 4.79 Å². The van der Waals surface area contributed by atoms with Crippen molar-refractivity contribution in [3.63, 3.8) is 0 Å². The Bertz CT molecular complexity index is 1420. The number of aryl methyl sites for hydroxylation is 2. The Hall–Kier alpha value is -3.59. The first-order valence-corrected chi connectivity index (χ1v) is 12.4. The summed E-state index contributed by atoms with van der Waals surface area (Å²) in [5.74, 6) is 1.16. The quantitative estimate of drug-likeness (QED) is 0.315. The third-order valence-corrected chi connectivity index (χ3v) is 7.36. The molecule has 0 saturated carbocycles. The molecule has 0 aliphatic rings. The number of carbonyl (C=O) groups is 1. The van der Waals surface area contributed by atoms with E-state index in [-0.39, 0.29) is 5.91 Å². The number of methoxy groups -OCH3 is 2. The third kappa shape index (κ3) is 5.16. The first kappa shape index (κ1) is 25.5. The number of hydrogen-bond acceptors (Lipinski definition) is 5. The molecular weight excluding hydrogens is 522 g/mol. The van der Waals surface area contributed by atoms with Gasteiger partial charge in [0, 0.05) is 5.56 Å². The Balaban J connectivity index is 1.51. The molecule has 0 radical (unpaired) electrons. The topological polar surface area (TPSA) is 83.2 Å². The van der Waals surface area contributed by atoms with E-state index < -0.39 is 0 Å². The van der Waals surface area contributed by atoms with Crippen LogP contribution in [0, 0.1) is 27.7 Å². The van der Waals surface area contributed by atoms with Crippen LogP contribution in [0.1, 0.15) is 44.3 Å². The fourth-order valence-corrected chi connectivity index (χ4v) is 4.47. The van der Waals surface area contributed by atoms with Crippen LogP contribution in [0.3, 0.4) is 0 Å². The van der Waals surface area contributed by atoms with Gasteiger partial charge in [0.05, 0.1) is 60.2 Å². The maximum absolute atomic E-state index is 13.2. The molecule has 1 N–H and O–H groups in total. The van der Waals surface area contributed by atoms with Gasteiger partial charge in [0.25, 0.3) is 5.91 Å². The van der Waals surface area contributed by atoms with Gasteiger partial charge in [-0.25, -0.2) is 0 Å². The summed E-state index contributed by atoms with van der Waals surface area (Å²) in [4.78, 5) is 13.2. The van der Waals surface area contributed by atoms with E-state index in [0.29, 0.717) is 35.8 Å². The van der Waals surface area contributed by atoms with Gasteiger partial charge in [-0.2, -0.15) is 10.2 Å². The second-order valence-corrected chi connectivity index (χ2v) is 9.48. The minimum Gasteiger partial charge on any atom is -0.493 e. The second kappa shape index (κ2) is 10.6. The molecule has 0 aliphatic carbocycles. The van der Waals surface area contributed by atoms with Gasteiger partial charge in [0.1, 0.15) is 0 Å². The fraction of sp³-hybridized carbons (Fsp3) is 0.296. The van der Waals surface area contributed by atoms with Crippen LogP contribution < -0.4 is 14.8 Å². The highest BCUT2D eigenvalue weighted by Crippen LogP contribution is 2.29. The maximum atomic E-state index is 13.2. The molecule has 4 aromatic rings. The second-order valence-electron chi connectivity index (χ2n) is 8.69. The number of rotatable bonds is 8. The van der Waals surface area contributed by atoms with Crippen molar-refractivity contribution in [2.24, 2.45) is 0 Å². The van der Waals surface area contributed by atoms with Gasteiger partial charge in [-0.15, -0.1) is 0 Å². The van der Waals surface area contributed by atoms with Gasteiger partial charge in [-0.05, 0) is 79.0 Å². The molecule has 9 heteroatoms. The largest absolute Gasteiger partial charge is 0.493 e. The number of ether oxygens (including phenoxy) is 2. The standard InChI is InChI=1S/C27H30BrN5O3/c1-16-25(28)18(3)32(30-16)14-20-8-7-9-22(12-20)27(34)29-26-17(2)31-33(19(26)4)15-21-10-11-23(35-5)24(13-21)36-6/h7-13H,14-15H2,1-6H3,(H,29,34). The summed E-state index contributed by atoms with van der Waals surface area (Å²) in [5.41, 5.74) is 6.93. The molecule has 0 unspecified atom stereocenters. The molecular formula is C27H30BrN5O3. The van der Waals surface area contributed by atoms with Gasteiger partial charge < -0.3 is 14.8 Å². The van der Waals surface area contributed by atoms with Gasteiger partial charge in [-0.3, -0.25) is 14.2 Å². The lowest BCUT2D eigenvalue weighted by atomic mass is 10.1. The van der Waals surface area contributed by atoms with Crippen LogP contribution in [0.15, 0.2) is 46.9 Å². The monoisotopic (exact) mass is 551 g/mol. The minimum atomic E-state index is -0.178. The molecule has 0 spiro atoms. The van der Waals surface area contributed by atoms with Crippen molar-refractivity contribution in [2.75, 3.05) is 19.5 Å². The highest BCUT2D eigenvalue weighted by atomic mass is 79.9. The number of carbonyl (C=O) groups excluding carboxylic acids is 1. The van der Waals surface area contributed by atoms with E-state index >= 15 is 0 Å². The van der Waals surface area contributed by atoms with Crippen molar-refractivity contribution in [1.29, 1.82) is 0 Å². The predicted molar refractivity (Wildman–Crippen MR) is 143 cm³/mol. The van der Waals surface area contributed by atoms with Crippen LogP contribution >= 0.6 is 15.9 Å². The van der Waals surface area contributed by atoms with E-state index in [1.807, 2.05) is 79.5 Å². The molecule has 0 saturated heterocycles. The summed E-state index contributed by atoms with van der Waals surface area (Å²) in [7, 11) is 3.23. The molecule has 2 aromatic carbocycles. The van der Waals surface area contributed by atoms with E-state index in [2.05, 4.69) is 31.4 Å². The summed E-state index contributed by atoms with van der Waals surface area (Å²) in [5, 5.41) is 12.3. The summed E-state index contributed by atoms with van der Waals surface area (Å²) in [6.07, 6.45) is 0. The fourth-order valence-electron chi connectivity index (χ4n) is 4.18. The number of amides is 1. The zero-order valence-electron chi connectivity index (χ0n) is 21.3. The van der Waals surface area contributed by atoms with E-state index in [1.54, 1.807) is 14.2 Å². The number of halogens is 1. The Morgan fingerprint density at radius 2 is 1.50 bits per heavy atom. The summed E-state index contributed by atoms with van der Waals surface area (Å²) in [6.45, 7) is 8.95. The third-order valence-electron chi connectivity index (χ3n) is 6.22. The van der Waals surface area contributed by atoms with Crippen molar-refractivity contribution in [3.8, 4) is 11.5 Å². The Morgan fingerprint density at radius 3 is 2.14 bits per heavy atom. The molecule has 4 rings (SSSR count). The average Bonchev–Trinajstić information content (AvgIpc) is 3.27. The zero-order chi connectivity index (χ0) is 26.0. The van der Waals surface area contributed by atoms with Gasteiger partial charge in [0.2, 0.25) is 0 Å². The van der Waals surface area contributed by atoms with Crippen LogP contribution in [0.25, 0.3) is 0 Å². The summed E-state index contributed by atoms with van der Waals surface area (Å²) in [6, 6.07) is 13.4. The number of benzene rings is 2. The van der Waals surface area contributed by atoms with E-state index in [4.69, 9.17) is 9.47 Å². The SMILES string of the molecule is COc1ccc(Cn2nc(C)c(NC(=O)c3cccc(Cn4nc(C)c(Br)c4C)c3)c2C)cc1OC. The van der Waals surface area contributed by atoms with E-state index in [1.165, 1.54) is 0 Å². The molecule has 0 aliphatic heterocycles. The number of nitrogens with zero attached hydrogens (tertiary/aromatic N) is 4. The minimum absolute atomic E-state index is 0.178. The molecule has 0 atom stereocenters. The summed E-state index contributed by atoms with van der Waals surface area (Å²) >= 11 is 3.57. The molecule has 0 fully saturated rings. The number of aromatic nitrogens is 4. The predicted octanol–water partition coefficient (Wildman–Crippen LogP) is 5.44. The normalized spacial score (nSPS) is 11.0. The molecule has 2 aromatic heterocycles. The lowest BCUT2D eigenvalue weighted by molar-refractivity contribution is 0.102. The Kier molecular flexibility index (Phi) is 7.49. The Labute approximate surface area is 219 Å². The molecule has 8 nitrogen and oxygen atoms in total. The lowest BCUT2D eigenvalue weighted by Gasteiger charge is -2.11. The smallest absolute Gasteiger partial charge is 0.255 e. The zero-order valence-corrected chi connectivity index (χ0v) is 22.9. The molecule has 1 amide bonds. The van der Waals surface area contributed by atoms with Crippen LogP contribution in [-0.2, 0) is 13.1 Å². The van der Waals surface area contributed by atoms with Crippen molar-refractivity contribution < 1.29 is 14.3 Å². The van der Waals surface area contributed by atoms with Crippen molar-refractivity contribution in [1.82, 2.24) is 19.6 Å². The molecule has 36 heavy (non-hydrogen) atoms. The number of anilines is 1. The molecule has 2 heterocycles. The van der Waals surface area contributed by atoms with Gasteiger partial charge >= 0.3 is 0 Å². The van der Waals surface area contributed by atoms with Crippen molar-refractivity contribution >= 4 is 27.5 Å². The van der Waals surface area contributed by atoms with Gasteiger partial charge in [0.15, 0.2) is 11.5 Å².